The molecule has 9 nitrogen and oxygen atoms in total. The molecule has 30 heavy (non-hydrogen) atoms. The van der Waals surface area contributed by atoms with E-state index in [1.807, 2.05) is 0 Å². The minimum absolute atomic E-state index is 0.278. The van der Waals surface area contributed by atoms with Crippen LogP contribution in [0.2, 0.25) is 0 Å². The number of nitrogens with one attached hydrogen (secondary N) is 2. The Morgan fingerprint density at radius 2 is 1.77 bits per heavy atom. The second kappa shape index (κ2) is 8.49. The van der Waals surface area contributed by atoms with Crippen LogP contribution in [0.5, 0.6) is 0 Å². The fourth-order valence-corrected chi connectivity index (χ4v) is 4.28. The van der Waals surface area contributed by atoms with Crippen molar-refractivity contribution in [3.05, 3.63) is 36.7 Å². The molecule has 2 aromatic heterocycles. The molecular weight excluding hydrogens is 404 g/mol. The maximum atomic E-state index is 12.3. The molecule has 1 aliphatic heterocycles. The molecule has 10 heteroatoms. The molecule has 3 heterocycles. The summed E-state index contributed by atoms with van der Waals surface area (Å²) in [5, 5.41) is 14.2. The minimum Gasteiger partial charge on any atom is -0.402 e. The van der Waals surface area contributed by atoms with Crippen molar-refractivity contribution in [3.8, 4) is 22.8 Å². The van der Waals surface area contributed by atoms with Gasteiger partial charge in [-0.2, -0.15) is 0 Å². The molecule has 0 unspecified atom stereocenters. The Bertz CT molecular complexity index is 1110. The van der Waals surface area contributed by atoms with Crippen LogP contribution in [0.4, 0.5) is 6.01 Å². The SMILES string of the molecule is CC(C)S(=O)(=O)c1ccc(-c2cncc(-c3nnc(NC4CCNCC4)o3)n2)cc1. The van der Waals surface area contributed by atoms with Gasteiger partial charge in [-0.1, -0.05) is 17.2 Å². The number of hydrogen-bond acceptors (Lipinski definition) is 9. The summed E-state index contributed by atoms with van der Waals surface area (Å²) >= 11 is 0. The Balaban J connectivity index is 1.53. The maximum absolute atomic E-state index is 12.3. The molecule has 158 valence electrons. The van der Waals surface area contributed by atoms with E-state index in [1.54, 1.807) is 50.5 Å². The summed E-state index contributed by atoms with van der Waals surface area (Å²) in [6.45, 7) is 5.25. The third kappa shape index (κ3) is 4.34. The van der Waals surface area contributed by atoms with Gasteiger partial charge in [-0.25, -0.2) is 13.4 Å². The van der Waals surface area contributed by atoms with Gasteiger partial charge in [0, 0.05) is 11.6 Å². The Hall–Kier alpha value is -2.85. The molecule has 2 N–H and O–H groups in total. The normalized spacial score (nSPS) is 15.4. The molecule has 3 aromatic rings. The minimum atomic E-state index is -3.32. The van der Waals surface area contributed by atoms with Gasteiger partial charge in [-0.3, -0.25) is 4.98 Å². The number of hydrogen-bond donors (Lipinski definition) is 2. The molecule has 0 atom stereocenters. The van der Waals surface area contributed by atoms with Crippen LogP contribution in [0.3, 0.4) is 0 Å². The van der Waals surface area contributed by atoms with Crippen molar-refractivity contribution < 1.29 is 12.8 Å². The number of piperidine rings is 1. The number of anilines is 1. The highest BCUT2D eigenvalue weighted by atomic mass is 32.2. The second-order valence-corrected chi connectivity index (χ2v) is 9.99. The van der Waals surface area contributed by atoms with Crippen LogP contribution in [0.1, 0.15) is 26.7 Å². The average molecular weight is 429 g/mol. The van der Waals surface area contributed by atoms with Gasteiger partial charge in [0.05, 0.1) is 28.2 Å². The first-order valence-electron chi connectivity index (χ1n) is 9.91. The van der Waals surface area contributed by atoms with E-state index in [-0.39, 0.29) is 10.8 Å². The molecule has 0 bridgehead atoms. The third-order valence-corrected chi connectivity index (χ3v) is 7.22. The standard InChI is InChI=1S/C20H24N6O3S/c1-13(2)30(27,28)16-5-3-14(4-6-16)17-11-22-12-18(24-17)19-25-26-20(29-19)23-15-7-9-21-10-8-15/h3-6,11-13,15,21H,7-10H2,1-2H3,(H,23,26). The first-order valence-corrected chi connectivity index (χ1v) is 11.5. The lowest BCUT2D eigenvalue weighted by atomic mass is 10.1. The van der Waals surface area contributed by atoms with Gasteiger partial charge >= 0.3 is 6.01 Å². The van der Waals surface area contributed by atoms with E-state index in [0.29, 0.717) is 23.4 Å². The Morgan fingerprint density at radius 1 is 1.07 bits per heavy atom. The lowest BCUT2D eigenvalue weighted by Gasteiger charge is -2.22. The predicted octanol–water partition coefficient (Wildman–Crippen LogP) is 2.54. The summed E-state index contributed by atoms with van der Waals surface area (Å²) in [6, 6.07) is 7.30. The molecule has 1 fully saturated rings. The van der Waals surface area contributed by atoms with E-state index in [0.717, 1.165) is 31.5 Å². The van der Waals surface area contributed by atoms with Crippen LogP contribution in [-0.4, -0.2) is 53.0 Å². The van der Waals surface area contributed by atoms with Gasteiger partial charge in [0.1, 0.15) is 5.69 Å². The topological polar surface area (TPSA) is 123 Å². The van der Waals surface area contributed by atoms with E-state index in [2.05, 4.69) is 30.8 Å². The molecule has 1 saturated heterocycles. The van der Waals surface area contributed by atoms with Crippen LogP contribution < -0.4 is 10.6 Å². The second-order valence-electron chi connectivity index (χ2n) is 7.49. The van der Waals surface area contributed by atoms with Crippen LogP contribution in [0.15, 0.2) is 46.0 Å². The van der Waals surface area contributed by atoms with Crippen LogP contribution >= 0.6 is 0 Å². The molecule has 0 amide bonds. The van der Waals surface area contributed by atoms with E-state index in [1.165, 1.54) is 0 Å². The van der Waals surface area contributed by atoms with Gasteiger partial charge in [0.15, 0.2) is 9.84 Å². The largest absolute Gasteiger partial charge is 0.402 e. The van der Waals surface area contributed by atoms with Crippen molar-refractivity contribution in [3.63, 3.8) is 0 Å². The van der Waals surface area contributed by atoms with Crippen LogP contribution in [0, 0.1) is 0 Å². The number of sulfone groups is 1. The maximum Gasteiger partial charge on any atom is 0.316 e. The Kier molecular flexibility index (Phi) is 5.78. The van der Waals surface area contributed by atoms with Crippen LogP contribution in [0.25, 0.3) is 22.8 Å². The molecular formula is C20H24N6O3S. The van der Waals surface area contributed by atoms with E-state index in [9.17, 15) is 8.42 Å². The van der Waals surface area contributed by atoms with Gasteiger partial charge in [-0.15, -0.1) is 5.10 Å². The first-order chi connectivity index (χ1) is 14.4. The summed E-state index contributed by atoms with van der Waals surface area (Å²) in [5.41, 5.74) is 1.80. The van der Waals surface area contributed by atoms with E-state index >= 15 is 0 Å². The fourth-order valence-electron chi connectivity index (χ4n) is 3.22. The summed E-state index contributed by atoms with van der Waals surface area (Å²) < 4.78 is 30.3. The summed E-state index contributed by atoms with van der Waals surface area (Å²) in [4.78, 5) is 9.07. The van der Waals surface area contributed by atoms with E-state index in [4.69, 9.17) is 4.42 Å². The number of aromatic nitrogens is 4. The summed E-state index contributed by atoms with van der Waals surface area (Å²) in [5.74, 6) is 0.278. The molecule has 1 aliphatic rings. The zero-order valence-corrected chi connectivity index (χ0v) is 17.7. The Morgan fingerprint density at radius 3 is 2.47 bits per heavy atom. The highest BCUT2D eigenvalue weighted by Gasteiger charge is 2.20. The zero-order valence-electron chi connectivity index (χ0n) is 16.9. The molecule has 0 spiro atoms. The highest BCUT2D eigenvalue weighted by Crippen LogP contribution is 2.24. The smallest absolute Gasteiger partial charge is 0.316 e. The summed E-state index contributed by atoms with van der Waals surface area (Å²) in [6.07, 6.45) is 5.16. The van der Waals surface area contributed by atoms with E-state index < -0.39 is 15.1 Å². The van der Waals surface area contributed by atoms with Gasteiger partial charge in [-0.05, 0) is 51.9 Å². The van der Waals surface area contributed by atoms with Crippen LogP contribution in [-0.2, 0) is 9.84 Å². The first kappa shape index (κ1) is 20.4. The zero-order chi connectivity index (χ0) is 21.1. The lowest BCUT2D eigenvalue weighted by Crippen LogP contribution is -2.35. The third-order valence-electron chi connectivity index (χ3n) is 5.04. The molecule has 0 saturated carbocycles. The highest BCUT2D eigenvalue weighted by molar-refractivity contribution is 7.92. The van der Waals surface area contributed by atoms with Gasteiger partial charge < -0.3 is 15.1 Å². The molecule has 0 radical (unpaired) electrons. The van der Waals surface area contributed by atoms with Crippen molar-refractivity contribution in [1.82, 2.24) is 25.5 Å². The fraction of sp³-hybridized carbons (Fsp3) is 0.400. The number of rotatable bonds is 6. The van der Waals surface area contributed by atoms with Crippen molar-refractivity contribution >= 4 is 15.9 Å². The van der Waals surface area contributed by atoms with Gasteiger partial charge in [0.2, 0.25) is 0 Å². The van der Waals surface area contributed by atoms with Crippen molar-refractivity contribution in [2.75, 3.05) is 18.4 Å². The molecule has 0 aliphatic carbocycles. The quantitative estimate of drug-likeness (QED) is 0.609. The van der Waals surface area contributed by atoms with Gasteiger partial charge in [0.25, 0.3) is 5.89 Å². The lowest BCUT2D eigenvalue weighted by molar-refractivity contribution is 0.464. The number of benzene rings is 1. The summed E-state index contributed by atoms with van der Waals surface area (Å²) in [7, 11) is -3.32. The predicted molar refractivity (Wildman–Crippen MR) is 113 cm³/mol. The van der Waals surface area contributed by atoms with Crippen molar-refractivity contribution in [2.24, 2.45) is 0 Å². The average Bonchev–Trinajstić information content (AvgIpc) is 3.23. The Labute approximate surface area is 175 Å². The van der Waals surface area contributed by atoms with Crippen molar-refractivity contribution in [2.45, 2.75) is 42.9 Å². The number of nitrogens with zero attached hydrogens (tertiary/aromatic N) is 4. The monoisotopic (exact) mass is 428 g/mol. The van der Waals surface area contributed by atoms with Crippen molar-refractivity contribution in [1.29, 1.82) is 0 Å². The molecule has 4 rings (SSSR count). The molecule has 1 aromatic carbocycles.